The Hall–Kier alpha value is 0.960. The van der Waals surface area contributed by atoms with E-state index in [4.69, 9.17) is 0 Å². The second-order valence-corrected chi connectivity index (χ2v) is 11.8. The van der Waals surface area contributed by atoms with Crippen LogP contribution in [0.3, 0.4) is 0 Å². The number of rotatable bonds is 1. The van der Waals surface area contributed by atoms with Crippen molar-refractivity contribution in [1.82, 2.24) is 0 Å². The minimum atomic E-state index is 0.516. The Morgan fingerprint density at radius 1 is 0.957 bits per heavy atom. The minimum Gasteiger partial charge on any atom is -0.0875 e. The predicted molar refractivity (Wildman–Crippen MR) is 106 cm³/mol. The van der Waals surface area contributed by atoms with Gasteiger partial charge in [-0.15, -0.1) is 0 Å². The van der Waals surface area contributed by atoms with Crippen molar-refractivity contribution >= 4 is 31.9 Å². The molecular weight excluding hydrogens is 412 g/mol. The van der Waals surface area contributed by atoms with Crippen LogP contribution in [0.4, 0.5) is 0 Å². The molecule has 4 saturated carbocycles. The summed E-state index contributed by atoms with van der Waals surface area (Å²) in [5.41, 5.74) is 1.12. The van der Waals surface area contributed by atoms with Gasteiger partial charge >= 0.3 is 0 Å². The molecule has 9 unspecified atom stereocenters. The lowest BCUT2D eigenvalue weighted by Crippen LogP contribution is -2.61. The fourth-order valence-corrected chi connectivity index (χ4v) is 10.6. The molecular formula is C21H34Br2. The summed E-state index contributed by atoms with van der Waals surface area (Å²) in [4.78, 5) is 1.33. The monoisotopic (exact) mass is 444 g/mol. The minimum absolute atomic E-state index is 0.516. The van der Waals surface area contributed by atoms with Crippen LogP contribution in [-0.4, -0.2) is 9.65 Å². The zero-order valence-corrected chi connectivity index (χ0v) is 18.3. The standard InChI is InChI=1S/C21H34Br2/c1-4-13-9-11-16-15-10-8-14-7-5-6-12-20(14,2)17(15)18(22)19(23)21(13,16)3/h13-19H,4-12H2,1-3H3. The van der Waals surface area contributed by atoms with Gasteiger partial charge in [0, 0.05) is 9.65 Å². The molecule has 0 radical (unpaired) electrons. The summed E-state index contributed by atoms with van der Waals surface area (Å²) >= 11 is 8.53. The molecule has 132 valence electrons. The molecule has 4 aliphatic carbocycles. The van der Waals surface area contributed by atoms with E-state index in [0.29, 0.717) is 20.5 Å². The van der Waals surface area contributed by atoms with E-state index in [-0.39, 0.29) is 0 Å². The summed E-state index contributed by atoms with van der Waals surface area (Å²) in [6.45, 7) is 7.74. The lowest BCUT2D eigenvalue weighted by Gasteiger charge is -2.63. The van der Waals surface area contributed by atoms with Crippen LogP contribution in [0.15, 0.2) is 0 Å². The van der Waals surface area contributed by atoms with Crippen molar-refractivity contribution < 1.29 is 0 Å². The third-order valence-electron chi connectivity index (χ3n) is 9.25. The van der Waals surface area contributed by atoms with Crippen LogP contribution in [0.5, 0.6) is 0 Å². The van der Waals surface area contributed by atoms with E-state index in [1.165, 1.54) is 57.8 Å². The lowest BCUT2D eigenvalue weighted by atomic mass is 9.44. The van der Waals surface area contributed by atoms with Gasteiger partial charge in [-0.2, -0.15) is 0 Å². The predicted octanol–water partition coefficient (Wildman–Crippen LogP) is 7.19. The molecule has 23 heavy (non-hydrogen) atoms. The SMILES string of the molecule is CCC1CCC2C3CCC4CCCCC4(C)C3C(Br)C(Br)C12C. The van der Waals surface area contributed by atoms with E-state index in [0.717, 1.165) is 29.6 Å². The van der Waals surface area contributed by atoms with Crippen LogP contribution in [-0.2, 0) is 0 Å². The summed E-state index contributed by atoms with van der Waals surface area (Å²) < 4.78 is 0. The van der Waals surface area contributed by atoms with Crippen LogP contribution in [0.25, 0.3) is 0 Å². The highest BCUT2D eigenvalue weighted by Crippen LogP contribution is 2.70. The Kier molecular flexibility index (Phi) is 4.53. The molecule has 0 N–H and O–H groups in total. The zero-order chi connectivity index (χ0) is 16.4. The summed E-state index contributed by atoms with van der Waals surface area (Å²) in [7, 11) is 0. The average molecular weight is 446 g/mol. The first kappa shape index (κ1) is 17.4. The van der Waals surface area contributed by atoms with Crippen molar-refractivity contribution in [3.63, 3.8) is 0 Å². The second kappa shape index (κ2) is 6.00. The average Bonchev–Trinajstić information content (AvgIpc) is 2.89. The molecule has 0 nitrogen and oxygen atoms in total. The zero-order valence-electron chi connectivity index (χ0n) is 15.2. The van der Waals surface area contributed by atoms with Gasteiger partial charge in [-0.25, -0.2) is 0 Å². The first-order valence-corrected chi connectivity index (χ1v) is 12.1. The van der Waals surface area contributed by atoms with E-state index in [1.54, 1.807) is 0 Å². The van der Waals surface area contributed by atoms with E-state index in [9.17, 15) is 0 Å². The van der Waals surface area contributed by atoms with Crippen molar-refractivity contribution in [3.05, 3.63) is 0 Å². The maximum absolute atomic E-state index is 4.27. The summed E-state index contributed by atoms with van der Waals surface area (Å²) in [5, 5.41) is 0. The van der Waals surface area contributed by atoms with Crippen LogP contribution in [0.1, 0.15) is 78.6 Å². The van der Waals surface area contributed by atoms with Gasteiger partial charge in [0.2, 0.25) is 0 Å². The first-order chi connectivity index (χ1) is 10.9. The van der Waals surface area contributed by atoms with Crippen molar-refractivity contribution in [2.24, 2.45) is 40.4 Å². The fourth-order valence-electron chi connectivity index (χ4n) is 8.04. The van der Waals surface area contributed by atoms with Crippen LogP contribution >= 0.6 is 31.9 Å². The van der Waals surface area contributed by atoms with Gasteiger partial charge in [-0.3, -0.25) is 0 Å². The number of hydrogen-bond donors (Lipinski definition) is 0. The van der Waals surface area contributed by atoms with Gasteiger partial charge in [-0.05, 0) is 78.9 Å². The number of alkyl halides is 2. The van der Waals surface area contributed by atoms with Crippen LogP contribution in [0, 0.1) is 40.4 Å². The quantitative estimate of drug-likeness (QED) is 0.374. The van der Waals surface area contributed by atoms with Gasteiger partial charge in [0.1, 0.15) is 0 Å². The van der Waals surface area contributed by atoms with E-state index in [2.05, 4.69) is 52.6 Å². The van der Waals surface area contributed by atoms with Gasteiger partial charge in [-0.1, -0.05) is 71.9 Å². The fraction of sp³-hybridized carbons (Fsp3) is 1.00. The highest BCUT2D eigenvalue weighted by atomic mass is 79.9. The summed E-state index contributed by atoms with van der Waals surface area (Å²) in [6.07, 6.45) is 13.3. The Balaban J connectivity index is 1.73. The molecule has 4 aliphatic rings. The molecule has 0 aromatic carbocycles. The number of hydrogen-bond acceptors (Lipinski definition) is 0. The smallest absolute Gasteiger partial charge is 0.0333 e. The molecule has 0 saturated heterocycles. The molecule has 0 aliphatic heterocycles. The molecule has 0 amide bonds. The maximum atomic E-state index is 4.27. The first-order valence-electron chi connectivity index (χ1n) is 10.2. The Labute approximate surface area is 160 Å². The van der Waals surface area contributed by atoms with E-state index >= 15 is 0 Å². The largest absolute Gasteiger partial charge is 0.0875 e. The third-order valence-corrected chi connectivity index (χ3v) is 12.6. The van der Waals surface area contributed by atoms with Crippen molar-refractivity contribution in [1.29, 1.82) is 0 Å². The van der Waals surface area contributed by atoms with Crippen molar-refractivity contribution in [2.45, 2.75) is 88.2 Å². The molecule has 2 heteroatoms. The Bertz CT molecular complexity index is 463. The molecule has 0 heterocycles. The van der Waals surface area contributed by atoms with E-state index in [1.807, 2.05) is 0 Å². The van der Waals surface area contributed by atoms with E-state index < -0.39 is 0 Å². The van der Waals surface area contributed by atoms with Gasteiger partial charge in [0.25, 0.3) is 0 Å². The molecule has 0 spiro atoms. The molecule has 0 aromatic rings. The maximum Gasteiger partial charge on any atom is 0.0333 e. The van der Waals surface area contributed by atoms with Crippen LogP contribution < -0.4 is 0 Å². The summed E-state index contributed by atoms with van der Waals surface area (Å²) in [6, 6.07) is 0. The lowest BCUT2D eigenvalue weighted by molar-refractivity contribution is -0.101. The number of halogens is 2. The van der Waals surface area contributed by atoms with Crippen molar-refractivity contribution in [3.8, 4) is 0 Å². The van der Waals surface area contributed by atoms with Gasteiger partial charge < -0.3 is 0 Å². The van der Waals surface area contributed by atoms with Crippen molar-refractivity contribution in [2.75, 3.05) is 0 Å². The van der Waals surface area contributed by atoms with Gasteiger partial charge in [0.05, 0.1) is 0 Å². The molecule has 0 bridgehead atoms. The normalized spacial score (nSPS) is 59.1. The molecule has 9 atom stereocenters. The van der Waals surface area contributed by atoms with Crippen LogP contribution in [0.2, 0.25) is 0 Å². The highest BCUT2D eigenvalue weighted by molar-refractivity contribution is 9.12. The summed E-state index contributed by atoms with van der Waals surface area (Å²) in [5.74, 6) is 4.78. The Morgan fingerprint density at radius 3 is 2.48 bits per heavy atom. The second-order valence-electron chi connectivity index (χ2n) is 9.72. The van der Waals surface area contributed by atoms with Gasteiger partial charge in [0.15, 0.2) is 0 Å². The molecule has 4 fully saturated rings. The topological polar surface area (TPSA) is 0 Å². The molecule has 4 rings (SSSR count). The third kappa shape index (κ3) is 2.25. The number of fused-ring (bicyclic) bond motifs is 5. The highest BCUT2D eigenvalue weighted by Gasteiger charge is 2.65. The Morgan fingerprint density at radius 2 is 1.74 bits per heavy atom. The molecule has 0 aromatic heterocycles.